The number of hydrogen-bond donors (Lipinski definition) is 1. The summed E-state index contributed by atoms with van der Waals surface area (Å²) in [5.41, 5.74) is 3.87. The molecule has 0 saturated carbocycles. The Bertz CT molecular complexity index is 553. The highest BCUT2D eigenvalue weighted by atomic mass is 79.9. The normalized spacial score (nSPS) is 12.3. The maximum absolute atomic E-state index is 5.17. The van der Waals surface area contributed by atoms with Crippen LogP contribution >= 0.6 is 15.9 Å². The molecule has 0 bridgehead atoms. The van der Waals surface area contributed by atoms with Crippen LogP contribution in [-0.4, -0.2) is 13.2 Å². The van der Waals surface area contributed by atoms with Gasteiger partial charge in [0.25, 0.3) is 0 Å². The highest BCUT2D eigenvalue weighted by molar-refractivity contribution is 9.10. The molecule has 0 saturated heterocycles. The zero-order valence-electron chi connectivity index (χ0n) is 12.6. The van der Waals surface area contributed by atoms with Crippen molar-refractivity contribution in [1.82, 2.24) is 5.32 Å². The number of hydrogen-bond acceptors (Lipinski definition) is 2. The fourth-order valence-electron chi connectivity index (χ4n) is 2.33. The molecule has 0 aromatic heterocycles. The molecule has 0 spiro atoms. The Labute approximate surface area is 135 Å². The van der Waals surface area contributed by atoms with Crippen LogP contribution in [0.25, 0.3) is 0 Å². The second kappa shape index (κ2) is 8.32. The minimum absolute atomic E-state index is 0.442. The van der Waals surface area contributed by atoms with Crippen molar-refractivity contribution in [2.45, 2.75) is 32.5 Å². The molecule has 2 rings (SSSR count). The summed E-state index contributed by atoms with van der Waals surface area (Å²) < 4.78 is 6.30. The summed E-state index contributed by atoms with van der Waals surface area (Å²) in [4.78, 5) is 0. The van der Waals surface area contributed by atoms with Gasteiger partial charge in [0, 0.05) is 24.2 Å². The van der Waals surface area contributed by atoms with Crippen molar-refractivity contribution in [2.75, 3.05) is 7.11 Å². The zero-order valence-corrected chi connectivity index (χ0v) is 14.2. The average Bonchev–Trinajstić information content (AvgIpc) is 2.48. The van der Waals surface area contributed by atoms with Gasteiger partial charge in [-0.15, -0.1) is 0 Å². The van der Waals surface area contributed by atoms with Gasteiger partial charge in [0.2, 0.25) is 0 Å². The van der Waals surface area contributed by atoms with Crippen LogP contribution in [0.2, 0.25) is 0 Å². The minimum atomic E-state index is 0.442. The van der Waals surface area contributed by atoms with E-state index in [2.05, 4.69) is 76.7 Å². The van der Waals surface area contributed by atoms with E-state index in [0.717, 1.165) is 17.4 Å². The SMILES string of the molecule is COCc1cccc(CNC(C)Cc2ccc(Br)cc2)c1. The summed E-state index contributed by atoms with van der Waals surface area (Å²) in [5.74, 6) is 0. The molecular weight excluding hydrogens is 326 g/mol. The van der Waals surface area contributed by atoms with Gasteiger partial charge in [-0.1, -0.05) is 52.3 Å². The van der Waals surface area contributed by atoms with E-state index >= 15 is 0 Å². The molecule has 0 fully saturated rings. The van der Waals surface area contributed by atoms with Crippen LogP contribution < -0.4 is 5.32 Å². The highest BCUT2D eigenvalue weighted by Crippen LogP contribution is 2.12. The lowest BCUT2D eigenvalue weighted by atomic mass is 10.1. The molecule has 0 aliphatic carbocycles. The first-order chi connectivity index (χ1) is 10.2. The summed E-state index contributed by atoms with van der Waals surface area (Å²) >= 11 is 3.47. The van der Waals surface area contributed by atoms with E-state index in [-0.39, 0.29) is 0 Å². The summed E-state index contributed by atoms with van der Waals surface area (Å²) in [5, 5.41) is 3.58. The maximum atomic E-state index is 5.17. The lowest BCUT2D eigenvalue weighted by molar-refractivity contribution is 0.185. The topological polar surface area (TPSA) is 21.3 Å². The number of nitrogens with one attached hydrogen (secondary N) is 1. The first kappa shape index (κ1) is 16.2. The second-order valence-electron chi connectivity index (χ2n) is 5.37. The Morgan fingerprint density at radius 2 is 1.76 bits per heavy atom. The maximum Gasteiger partial charge on any atom is 0.0713 e. The van der Waals surface area contributed by atoms with Gasteiger partial charge in [0.05, 0.1) is 6.61 Å². The van der Waals surface area contributed by atoms with Crippen molar-refractivity contribution in [3.8, 4) is 0 Å². The number of halogens is 1. The fourth-order valence-corrected chi connectivity index (χ4v) is 2.60. The van der Waals surface area contributed by atoms with Gasteiger partial charge in [-0.05, 0) is 42.2 Å². The summed E-state index contributed by atoms with van der Waals surface area (Å²) in [6.45, 7) is 3.78. The van der Waals surface area contributed by atoms with Gasteiger partial charge in [0.1, 0.15) is 0 Å². The van der Waals surface area contributed by atoms with Crippen molar-refractivity contribution in [3.05, 3.63) is 69.7 Å². The average molecular weight is 348 g/mol. The third-order valence-corrected chi connectivity index (χ3v) is 3.94. The molecule has 21 heavy (non-hydrogen) atoms. The van der Waals surface area contributed by atoms with E-state index in [1.807, 2.05) is 0 Å². The van der Waals surface area contributed by atoms with Gasteiger partial charge in [-0.3, -0.25) is 0 Å². The van der Waals surface area contributed by atoms with E-state index in [1.54, 1.807) is 7.11 Å². The molecule has 2 aromatic rings. The molecule has 1 N–H and O–H groups in total. The molecular formula is C18H22BrNO. The molecule has 0 heterocycles. The lowest BCUT2D eigenvalue weighted by Crippen LogP contribution is -2.27. The van der Waals surface area contributed by atoms with Crippen molar-refractivity contribution in [2.24, 2.45) is 0 Å². The monoisotopic (exact) mass is 347 g/mol. The third-order valence-electron chi connectivity index (χ3n) is 3.41. The Morgan fingerprint density at radius 3 is 2.48 bits per heavy atom. The molecule has 0 aliphatic heterocycles. The van der Waals surface area contributed by atoms with Gasteiger partial charge in [-0.25, -0.2) is 0 Å². The third kappa shape index (κ3) is 5.62. The largest absolute Gasteiger partial charge is 0.380 e. The van der Waals surface area contributed by atoms with Gasteiger partial charge in [0.15, 0.2) is 0 Å². The predicted octanol–water partition coefficient (Wildman–Crippen LogP) is 4.32. The molecule has 1 atom stereocenters. The van der Waals surface area contributed by atoms with E-state index in [1.165, 1.54) is 16.7 Å². The van der Waals surface area contributed by atoms with Gasteiger partial charge < -0.3 is 10.1 Å². The van der Waals surface area contributed by atoms with Crippen LogP contribution in [0, 0.1) is 0 Å². The van der Waals surface area contributed by atoms with E-state index in [9.17, 15) is 0 Å². The van der Waals surface area contributed by atoms with E-state index in [0.29, 0.717) is 12.6 Å². The highest BCUT2D eigenvalue weighted by Gasteiger charge is 2.04. The number of benzene rings is 2. The Kier molecular flexibility index (Phi) is 6.43. The molecule has 2 nitrogen and oxygen atoms in total. The van der Waals surface area contributed by atoms with Crippen LogP contribution in [0.4, 0.5) is 0 Å². The zero-order chi connectivity index (χ0) is 15.1. The van der Waals surface area contributed by atoms with Crippen LogP contribution in [0.15, 0.2) is 53.0 Å². The van der Waals surface area contributed by atoms with Crippen LogP contribution in [-0.2, 0) is 24.3 Å². The summed E-state index contributed by atoms with van der Waals surface area (Å²) in [7, 11) is 1.73. The van der Waals surface area contributed by atoms with Crippen LogP contribution in [0.3, 0.4) is 0 Å². The van der Waals surface area contributed by atoms with Gasteiger partial charge in [-0.2, -0.15) is 0 Å². The Morgan fingerprint density at radius 1 is 1.05 bits per heavy atom. The molecule has 3 heteroatoms. The number of rotatable bonds is 7. The van der Waals surface area contributed by atoms with Crippen LogP contribution in [0.1, 0.15) is 23.6 Å². The van der Waals surface area contributed by atoms with Crippen molar-refractivity contribution in [3.63, 3.8) is 0 Å². The molecule has 0 aliphatic rings. The number of methoxy groups -OCH3 is 1. The Hall–Kier alpha value is -1.16. The minimum Gasteiger partial charge on any atom is -0.380 e. The summed E-state index contributed by atoms with van der Waals surface area (Å²) in [6.07, 6.45) is 1.03. The van der Waals surface area contributed by atoms with Crippen molar-refractivity contribution < 1.29 is 4.74 Å². The van der Waals surface area contributed by atoms with Crippen LogP contribution in [0.5, 0.6) is 0 Å². The molecule has 112 valence electrons. The summed E-state index contributed by atoms with van der Waals surface area (Å²) in [6, 6.07) is 17.5. The second-order valence-corrected chi connectivity index (χ2v) is 6.28. The molecule has 2 aromatic carbocycles. The first-order valence-electron chi connectivity index (χ1n) is 7.22. The van der Waals surface area contributed by atoms with E-state index < -0.39 is 0 Å². The predicted molar refractivity (Wildman–Crippen MR) is 91.3 cm³/mol. The molecule has 1 unspecified atom stereocenters. The lowest BCUT2D eigenvalue weighted by Gasteiger charge is -2.14. The molecule has 0 radical (unpaired) electrons. The Balaban J connectivity index is 1.84. The smallest absolute Gasteiger partial charge is 0.0713 e. The fraction of sp³-hybridized carbons (Fsp3) is 0.333. The first-order valence-corrected chi connectivity index (χ1v) is 8.01. The number of ether oxygens (including phenoxy) is 1. The molecule has 0 amide bonds. The van der Waals surface area contributed by atoms with Gasteiger partial charge >= 0.3 is 0 Å². The van der Waals surface area contributed by atoms with Crippen molar-refractivity contribution >= 4 is 15.9 Å². The quantitative estimate of drug-likeness (QED) is 0.805. The standard InChI is InChI=1S/C18H22BrNO/c1-14(10-15-6-8-18(19)9-7-15)20-12-16-4-3-5-17(11-16)13-21-2/h3-9,11,14,20H,10,12-13H2,1-2H3. The van der Waals surface area contributed by atoms with E-state index in [4.69, 9.17) is 4.74 Å². The van der Waals surface area contributed by atoms with Crippen molar-refractivity contribution in [1.29, 1.82) is 0 Å².